The molecule has 1 saturated heterocycles. The Balaban J connectivity index is 1.67. The molecular formula is C14H17N7S. The van der Waals surface area contributed by atoms with E-state index in [4.69, 9.17) is 5.26 Å². The van der Waals surface area contributed by atoms with Gasteiger partial charge in [0.2, 0.25) is 5.13 Å². The third-order valence-corrected chi connectivity index (χ3v) is 4.43. The molecule has 2 aromatic rings. The van der Waals surface area contributed by atoms with E-state index < -0.39 is 0 Å². The van der Waals surface area contributed by atoms with Gasteiger partial charge in [-0.15, -0.1) is 0 Å². The molecule has 0 amide bonds. The van der Waals surface area contributed by atoms with Crippen LogP contribution < -0.4 is 9.80 Å². The topological polar surface area (TPSA) is 81.8 Å². The Morgan fingerprint density at radius 1 is 1.18 bits per heavy atom. The van der Waals surface area contributed by atoms with E-state index in [1.807, 2.05) is 6.07 Å². The SMILES string of the molecule is CCc1nsc(N2CCCN(c3cnc(C#N)cn3)CC2)n1. The van der Waals surface area contributed by atoms with Crippen LogP contribution in [0.1, 0.15) is 24.9 Å². The maximum Gasteiger partial charge on any atom is 0.205 e. The molecule has 0 aliphatic carbocycles. The van der Waals surface area contributed by atoms with Crippen LogP contribution in [-0.2, 0) is 6.42 Å². The second-order valence-electron chi connectivity index (χ2n) is 5.05. The van der Waals surface area contributed by atoms with Crippen molar-refractivity contribution in [1.29, 1.82) is 5.26 Å². The van der Waals surface area contributed by atoms with E-state index in [-0.39, 0.29) is 0 Å². The average molecular weight is 315 g/mol. The molecule has 0 saturated carbocycles. The van der Waals surface area contributed by atoms with E-state index in [1.165, 1.54) is 17.7 Å². The summed E-state index contributed by atoms with van der Waals surface area (Å²) >= 11 is 1.47. The second kappa shape index (κ2) is 6.66. The largest absolute Gasteiger partial charge is 0.354 e. The Bertz CT molecular complexity index is 661. The maximum atomic E-state index is 8.78. The Morgan fingerprint density at radius 3 is 2.68 bits per heavy atom. The quantitative estimate of drug-likeness (QED) is 0.848. The van der Waals surface area contributed by atoms with E-state index in [1.54, 1.807) is 6.20 Å². The highest BCUT2D eigenvalue weighted by molar-refractivity contribution is 7.09. The first-order valence-corrected chi connectivity index (χ1v) is 8.12. The predicted molar refractivity (Wildman–Crippen MR) is 85.1 cm³/mol. The lowest BCUT2D eigenvalue weighted by Crippen LogP contribution is -2.31. The van der Waals surface area contributed by atoms with Crippen LogP contribution in [0.15, 0.2) is 12.4 Å². The Morgan fingerprint density at radius 2 is 2.00 bits per heavy atom. The van der Waals surface area contributed by atoms with Crippen molar-refractivity contribution in [1.82, 2.24) is 19.3 Å². The fraction of sp³-hybridized carbons (Fsp3) is 0.500. The molecule has 0 spiro atoms. The maximum absolute atomic E-state index is 8.78. The first-order valence-electron chi connectivity index (χ1n) is 7.34. The third kappa shape index (κ3) is 3.14. The number of nitrogens with zero attached hydrogens (tertiary/aromatic N) is 7. The summed E-state index contributed by atoms with van der Waals surface area (Å²) in [6, 6.07) is 1.99. The van der Waals surface area contributed by atoms with Crippen molar-refractivity contribution in [3.63, 3.8) is 0 Å². The van der Waals surface area contributed by atoms with Crippen LogP contribution in [0.4, 0.5) is 10.9 Å². The van der Waals surface area contributed by atoms with Crippen molar-refractivity contribution in [3.05, 3.63) is 23.9 Å². The van der Waals surface area contributed by atoms with Gasteiger partial charge in [-0.05, 0) is 6.42 Å². The van der Waals surface area contributed by atoms with Gasteiger partial charge < -0.3 is 9.80 Å². The van der Waals surface area contributed by atoms with Gasteiger partial charge in [-0.25, -0.2) is 15.0 Å². The number of aromatic nitrogens is 4. The van der Waals surface area contributed by atoms with Crippen LogP contribution in [-0.4, -0.2) is 45.5 Å². The van der Waals surface area contributed by atoms with E-state index in [0.717, 1.165) is 55.8 Å². The zero-order valence-electron chi connectivity index (χ0n) is 12.4. The first kappa shape index (κ1) is 14.7. The predicted octanol–water partition coefficient (Wildman–Crippen LogP) is 1.48. The average Bonchev–Trinajstić information content (AvgIpc) is 2.92. The fourth-order valence-electron chi connectivity index (χ4n) is 2.40. The number of aryl methyl sites for hydroxylation is 1. The van der Waals surface area contributed by atoms with Crippen LogP contribution in [0.2, 0.25) is 0 Å². The molecule has 0 unspecified atom stereocenters. The lowest BCUT2D eigenvalue weighted by Gasteiger charge is -2.21. The molecule has 0 atom stereocenters. The molecule has 3 heterocycles. The van der Waals surface area contributed by atoms with Crippen LogP contribution >= 0.6 is 11.5 Å². The standard InChI is InChI=1S/C14H17N7S/c1-2-12-18-14(22-19-12)21-5-3-4-20(6-7-21)13-10-16-11(8-15)9-17-13/h9-10H,2-7H2,1H3. The Kier molecular flexibility index (Phi) is 4.44. The summed E-state index contributed by atoms with van der Waals surface area (Å²) in [4.78, 5) is 17.5. The number of nitriles is 1. The highest BCUT2D eigenvalue weighted by atomic mass is 32.1. The summed E-state index contributed by atoms with van der Waals surface area (Å²) in [5, 5.41) is 9.79. The van der Waals surface area contributed by atoms with Gasteiger partial charge in [-0.2, -0.15) is 9.64 Å². The Labute approximate surface area is 133 Å². The van der Waals surface area contributed by atoms with Crippen LogP contribution in [0.3, 0.4) is 0 Å². The molecule has 7 nitrogen and oxygen atoms in total. The van der Waals surface area contributed by atoms with E-state index >= 15 is 0 Å². The van der Waals surface area contributed by atoms with E-state index in [0.29, 0.717) is 5.69 Å². The van der Waals surface area contributed by atoms with Crippen molar-refractivity contribution in [2.45, 2.75) is 19.8 Å². The molecule has 8 heteroatoms. The molecule has 22 heavy (non-hydrogen) atoms. The first-order chi connectivity index (χ1) is 10.8. The van der Waals surface area contributed by atoms with Crippen molar-refractivity contribution < 1.29 is 0 Å². The zero-order valence-corrected chi connectivity index (χ0v) is 13.3. The summed E-state index contributed by atoms with van der Waals surface area (Å²) in [5.41, 5.74) is 0.348. The van der Waals surface area contributed by atoms with Crippen molar-refractivity contribution in [2.75, 3.05) is 36.0 Å². The van der Waals surface area contributed by atoms with Crippen molar-refractivity contribution in [2.24, 2.45) is 0 Å². The molecule has 0 aromatic carbocycles. The summed E-state index contributed by atoms with van der Waals surface area (Å²) in [7, 11) is 0. The highest BCUT2D eigenvalue weighted by Crippen LogP contribution is 2.20. The molecule has 1 aliphatic heterocycles. The van der Waals surface area contributed by atoms with Crippen molar-refractivity contribution in [3.8, 4) is 6.07 Å². The summed E-state index contributed by atoms with van der Waals surface area (Å²) < 4.78 is 4.36. The smallest absolute Gasteiger partial charge is 0.205 e. The summed E-state index contributed by atoms with van der Waals surface area (Å²) in [6.45, 7) is 5.72. The summed E-state index contributed by atoms with van der Waals surface area (Å²) in [6.07, 6.45) is 5.10. The van der Waals surface area contributed by atoms with Gasteiger partial charge in [0.1, 0.15) is 17.7 Å². The molecule has 3 rings (SSSR count). The minimum Gasteiger partial charge on any atom is -0.354 e. The number of rotatable bonds is 3. The number of anilines is 2. The minimum atomic E-state index is 0.348. The van der Waals surface area contributed by atoms with E-state index in [2.05, 4.69) is 36.0 Å². The van der Waals surface area contributed by atoms with Gasteiger partial charge in [0.05, 0.1) is 12.4 Å². The molecule has 1 aliphatic rings. The van der Waals surface area contributed by atoms with Gasteiger partial charge in [0.25, 0.3) is 0 Å². The Hall–Kier alpha value is -2.27. The van der Waals surface area contributed by atoms with Gasteiger partial charge >= 0.3 is 0 Å². The molecule has 114 valence electrons. The zero-order chi connectivity index (χ0) is 15.4. The second-order valence-corrected chi connectivity index (χ2v) is 5.78. The highest BCUT2D eigenvalue weighted by Gasteiger charge is 2.19. The molecular weight excluding hydrogens is 298 g/mol. The fourth-order valence-corrected chi connectivity index (χ4v) is 3.20. The molecule has 2 aromatic heterocycles. The van der Waals surface area contributed by atoms with Gasteiger partial charge in [0, 0.05) is 44.1 Å². The van der Waals surface area contributed by atoms with Crippen molar-refractivity contribution >= 4 is 22.5 Å². The monoisotopic (exact) mass is 315 g/mol. The van der Waals surface area contributed by atoms with Gasteiger partial charge in [-0.3, -0.25) is 0 Å². The number of hydrogen-bond acceptors (Lipinski definition) is 8. The molecule has 0 radical (unpaired) electrons. The molecule has 0 N–H and O–H groups in total. The van der Waals surface area contributed by atoms with E-state index in [9.17, 15) is 0 Å². The lowest BCUT2D eigenvalue weighted by atomic mass is 10.4. The normalized spacial score (nSPS) is 15.5. The summed E-state index contributed by atoms with van der Waals surface area (Å²) in [5.74, 6) is 1.74. The third-order valence-electron chi connectivity index (χ3n) is 3.62. The van der Waals surface area contributed by atoms with Crippen LogP contribution in [0, 0.1) is 11.3 Å². The molecule has 1 fully saturated rings. The van der Waals surface area contributed by atoms with Crippen LogP contribution in [0.5, 0.6) is 0 Å². The van der Waals surface area contributed by atoms with Gasteiger partial charge in [0.15, 0.2) is 5.69 Å². The van der Waals surface area contributed by atoms with Crippen LogP contribution in [0.25, 0.3) is 0 Å². The molecule has 0 bridgehead atoms. The lowest BCUT2D eigenvalue weighted by molar-refractivity contribution is 0.793. The van der Waals surface area contributed by atoms with Gasteiger partial charge in [-0.1, -0.05) is 6.92 Å². The number of hydrogen-bond donors (Lipinski definition) is 0. The minimum absolute atomic E-state index is 0.348.